The van der Waals surface area contributed by atoms with Gasteiger partial charge < -0.3 is 10.2 Å². The lowest BCUT2D eigenvalue weighted by Gasteiger charge is -2.35. The standard InChI is InChI=1S/C15H25FN4/c1-4-13-14(16)15(19-10-18-13)20(3)12-8-6-11(7-9-12)17-5-2/h10-12,17H,4-9H2,1-3H3. The lowest BCUT2D eigenvalue weighted by atomic mass is 9.90. The molecule has 1 fully saturated rings. The number of aryl methyl sites for hydroxylation is 1. The summed E-state index contributed by atoms with van der Waals surface area (Å²) in [6.45, 7) is 5.07. The van der Waals surface area contributed by atoms with Crippen molar-refractivity contribution < 1.29 is 4.39 Å². The second kappa shape index (κ2) is 6.97. The molecule has 5 heteroatoms. The molecular formula is C15H25FN4. The van der Waals surface area contributed by atoms with Gasteiger partial charge in [0.2, 0.25) is 0 Å². The Morgan fingerprint density at radius 1 is 1.25 bits per heavy atom. The van der Waals surface area contributed by atoms with Gasteiger partial charge in [-0.15, -0.1) is 0 Å². The predicted octanol–water partition coefficient (Wildman–Crippen LogP) is 2.54. The molecule has 1 N–H and O–H groups in total. The topological polar surface area (TPSA) is 41.0 Å². The van der Waals surface area contributed by atoms with Crippen molar-refractivity contribution in [1.82, 2.24) is 15.3 Å². The van der Waals surface area contributed by atoms with Crippen LogP contribution >= 0.6 is 0 Å². The minimum absolute atomic E-state index is 0.258. The number of aromatic nitrogens is 2. The Hall–Kier alpha value is -1.23. The molecule has 0 aromatic carbocycles. The Bertz CT molecular complexity index is 430. The van der Waals surface area contributed by atoms with Crippen LogP contribution in [0, 0.1) is 5.82 Å². The van der Waals surface area contributed by atoms with Crippen LogP contribution in [0.5, 0.6) is 0 Å². The maximum absolute atomic E-state index is 14.3. The first-order valence-electron chi connectivity index (χ1n) is 7.62. The molecule has 0 radical (unpaired) electrons. The molecule has 0 saturated heterocycles. The van der Waals surface area contributed by atoms with Gasteiger partial charge in [0.05, 0.1) is 5.69 Å². The average Bonchev–Trinajstić information content (AvgIpc) is 2.48. The molecule has 1 aliphatic rings. The number of anilines is 1. The summed E-state index contributed by atoms with van der Waals surface area (Å²) in [7, 11) is 1.95. The van der Waals surface area contributed by atoms with Crippen molar-refractivity contribution in [2.45, 2.75) is 58.0 Å². The fourth-order valence-corrected chi connectivity index (χ4v) is 3.02. The van der Waals surface area contributed by atoms with Crippen LogP contribution in [0.25, 0.3) is 0 Å². The van der Waals surface area contributed by atoms with Crippen molar-refractivity contribution in [2.75, 3.05) is 18.5 Å². The van der Waals surface area contributed by atoms with Gasteiger partial charge in [-0.25, -0.2) is 14.4 Å². The number of hydrogen-bond acceptors (Lipinski definition) is 4. The van der Waals surface area contributed by atoms with E-state index in [1.165, 1.54) is 6.33 Å². The second-order valence-electron chi connectivity index (χ2n) is 5.49. The van der Waals surface area contributed by atoms with Crippen LogP contribution in [-0.4, -0.2) is 35.6 Å². The molecule has 0 spiro atoms. The van der Waals surface area contributed by atoms with Gasteiger partial charge in [0, 0.05) is 19.1 Å². The average molecular weight is 280 g/mol. The highest BCUT2D eigenvalue weighted by Crippen LogP contribution is 2.27. The summed E-state index contributed by atoms with van der Waals surface area (Å²) in [5, 5.41) is 3.50. The minimum atomic E-state index is -0.258. The monoisotopic (exact) mass is 280 g/mol. The maximum atomic E-state index is 14.3. The number of nitrogens with one attached hydrogen (secondary N) is 1. The van der Waals surface area contributed by atoms with Gasteiger partial charge in [0.15, 0.2) is 11.6 Å². The van der Waals surface area contributed by atoms with E-state index >= 15 is 0 Å². The third kappa shape index (κ3) is 3.26. The number of hydrogen-bond donors (Lipinski definition) is 1. The Morgan fingerprint density at radius 2 is 1.95 bits per heavy atom. The number of halogens is 1. The van der Waals surface area contributed by atoms with Crippen molar-refractivity contribution in [3.8, 4) is 0 Å². The van der Waals surface area contributed by atoms with Crippen LogP contribution in [-0.2, 0) is 6.42 Å². The quantitative estimate of drug-likeness (QED) is 0.900. The molecule has 1 saturated carbocycles. The van der Waals surface area contributed by atoms with E-state index in [9.17, 15) is 4.39 Å². The molecule has 0 bridgehead atoms. The van der Waals surface area contributed by atoms with Crippen LogP contribution in [0.15, 0.2) is 6.33 Å². The minimum Gasteiger partial charge on any atom is -0.354 e. The fourth-order valence-electron chi connectivity index (χ4n) is 3.02. The first-order valence-corrected chi connectivity index (χ1v) is 7.62. The zero-order chi connectivity index (χ0) is 14.5. The molecule has 1 aromatic rings. The Morgan fingerprint density at radius 3 is 2.55 bits per heavy atom. The zero-order valence-corrected chi connectivity index (χ0v) is 12.7. The van der Waals surface area contributed by atoms with Crippen LogP contribution in [0.4, 0.5) is 10.2 Å². The predicted molar refractivity (Wildman–Crippen MR) is 79.5 cm³/mol. The largest absolute Gasteiger partial charge is 0.354 e. The normalized spacial score (nSPS) is 22.8. The number of rotatable bonds is 5. The fraction of sp³-hybridized carbons (Fsp3) is 0.733. The molecule has 1 heterocycles. The summed E-state index contributed by atoms with van der Waals surface area (Å²) in [5.41, 5.74) is 0.503. The van der Waals surface area contributed by atoms with Crippen LogP contribution in [0.1, 0.15) is 45.2 Å². The molecular weight excluding hydrogens is 255 g/mol. The Kier molecular flexibility index (Phi) is 5.29. The van der Waals surface area contributed by atoms with E-state index in [1.54, 1.807) is 0 Å². The van der Waals surface area contributed by atoms with Gasteiger partial charge in [-0.05, 0) is 38.6 Å². The molecule has 1 aliphatic carbocycles. The highest BCUT2D eigenvalue weighted by atomic mass is 19.1. The third-order valence-electron chi connectivity index (χ3n) is 4.25. The SMILES string of the molecule is CCNC1CCC(N(C)c2ncnc(CC)c2F)CC1. The zero-order valence-electron chi connectivity index (χ0n) is 12.7. The summed E-state index contributed by atoms with van der Waals surface area (Å²) in [6, 6.07) is 0.991. The van der Waals surface area contributed by atoms with Gasteiger partial charge in [-0.2, -0.15) is 0 Å². The highest BCUT2D eigenvalue weighted by molar-refractivity contribution is 5.41. The van der Waals surface area contributed by atoms with Crippen LogP contribution in [0.3, 0.4) is 0 Å². The molecule has 2 rings (SSSR count). The summed E-state index contributed by atoms with van der Waals surface area (Å²) in [4.78, 5) is 10.1. The van der Waals surface area contributed by atoms with E-state index in [-0.39, 0.29) is 5.82 Å². The molecule has 0 atom stereocenters. The molecule has 0 aliphatic heterocycles. The molecule has 1 aromatic heterocycles. The molecule has 4 nitrogen and oxygen atoms in total. The van der Waals surface area contributed by atoms with Crippen molar-refractivity contribution >= 4 is 5.82 Å². The first kappa shape index (κ1) is 15.2. The molecule has 112 valence electrons. The van der Waals surface area contributed by atoms with E-state index in [0.29, 0.717) is 30.0 Å². The highest BCUT2D eigenvalue weighted by Gasteiger charge is 2.26. The Labute approximate surface area is 120 Å². The molecule has 0 unspecified atom stereocenters. The van der Waals surface area contributed by atoms with Crippen molar-refractivity contribution in [1.29, 1.82) is 0 Å². The maximum Gasteiger partial charge on any atom is 0.187 e. The molecule has 0 amide bonds. The smallest absolute Gasteiger partial charge is 0.187 e. The van der Waals surface area contributed by atoms with Gasteiger partial charge >= 0.3 is 0 Å². The lowest BCUT2D eigenvalue weighted by Crippen LogP contribution is -2.41. The Balaban J connectivity index is 2.03. The van der Waals surface area contributed by atoms with E-state index in [0.717, 1.165) is 32.2 Å². The van der Waals surface area contributed by atoms with Gasteiger partial charge in [0.1, 0.15) is 6.33 Å². The van der Waals surface area contributed by atoms with Gasteiger partial charge in [0.25, 0.3) is 0 Å². The second-order valence-corrected chi connectivity index (χ2v) is 5.49. The first-order chi connectivity index (χ1) is 9.67. The van der Waals surface area contributed by atoms with Gasteiger partial charge in [-0.1, -0.05) is 13.8 Å². The van der Waals surface area contributed by atoms with Crippen molar-refractivity contribution in [2.24, 2.45) is 0 Å². The van der Waals surface area contributed by atoms with Crippen LogP contribution < -0.4 is 10.2 Å². The van der Waals surface area contributed by atoms with Crippen molar-refractivity contribution in [3.05, 3.63) is 17.8 Å². The number of nitrogens with zero attached hydrogens (tertiary/aromatic N) is 3. The summed E-state index contributed by atoms with van der Waals surface area (Å²) in [6.07, 6.45) is 6.53. The van der Waals surface area contributed by atoms with Gasteiger partial charge in [-0.3, -0.25) is 0 Å². The summed E-state index contributed by atoms with van der Waals surface area (Å²) >= 11 is 0. The summed E-state index contributed by atoms with van der Waals surface area (Å²) in [5.74, 6) is 0.190. The van der Waals surface area contributed by atoms with E-state index in [2.05, 4.69) is 22.2 Å². The van der Waals surface area contributed by atoms with E-state index in [1.807, 2.05) is 18.9 Å². The van der Waals surface area contributed by atoms with E-state index in [4.69, 9.17) is 0 Å². The van der Waals surface area contributed by atoms with E-state index < -0.39 is 0 Å². The van der Waals surface area contributed by atoms with Crippen LogP contribution in [0.2, 0.25) is 0 Å². The third-order valence-corrected chi connectivity index (χ3v) is 4.25. The molecule has 20 heavy (non-hydrogen) atoms. The summed E-state index contributed by atoms with van der Waals surface area (Å²) < 4.78 is 14.3. The van der Waals surface area contributed by atoms with Crippen molar-refractivity contribution in [3.63, 3.8) is 0 Å². The lowest BCUT2D eigenvalue weighted by molar-refractivity contribution is 0.339.